The maximum absolute atomic E-state index is 12.1. The summed E-state index contributed by atoms with van der Waals surface area (Å²) in [7, 11) is 1.57. The molecule has 0 aliphatic heterocycles. The van der Waals surface area contributed by atoms with Crippen LogP contribution in [0.25, 0.3) is 0 Å². The highest BCUT2D eigenvalue weighted by Gasteiger charge is 2.21. The molecule has 26 heavy (non-hydrogen) atoms. The minimum atomic E-state index is -0.463. The summed E-state index contributed by atoms with van der Waals surface area (Å²) in [6, 6.07) is 12.2. The highest BCUT2D eigenvalue weighted by atomic mass is 16.5. The van der Waals surface area contributed by atoms with Gasteiger partial charge in [-0.25, -0.2) is 0 Å². The number of ether oxygens (including phenoxy) is 1. The molecule has 0 spiro atoms. The van der Waals surface area contributed by atoms with Crippen LogP contribution in [-0.4, -0.2) is 30.6 Å². The third-order valence-electron chi connectivity index (χ3n) is 4.45. The first kappa shape index (κ1) is 17.9. The van der Waals surface area contributed by atoms with Crippen molar-refractivity contribution < 1.29 is 19.4 Å². The molecular weight excluding hydrogens is 332 g/mol. The van der Waals surface area contributed by atoms with Crippen molar-refractivity contribution in [3.05, 3.63) is 59.2 Å². The van der Waals surface area contributed by atoms with E-state index in [2.05, 4.69) is 10.6 Å². The van der Waals surface area contributed by atoms with Crippen molar-refractivity contribution >= 4 is 17.5 Å². The van der Waals surface area contributed by atoms with Crippen molar-refractivity contribution in [2.24, 2.45) is 0 Å². The molecule has 0 fully saturated rings. The molecule has 136 valence electrons. The van der Waals surface area contributed by atoms with Crippen molar-refractivity contribution in [3.8, 4) is 5.75 Å². The van der Waals surface area contributed by atoms with Gasteiger partial charge in [0.2, 0.25) is 0 Å². The molecule has 0 saturated heterocycles. The van der Waals surface area contributed by atoms with Crippen molar-refractivity contribution in [2.45, 2.75) is 25.4 Å². The van der Waals surface area contributed by atoms with Gasteiger partial charge in [0.15, 0.2) is 6.61 Å². The van der Waals surface area contributed by atoms with Gasteiger partial charge >= 0.3 is 0 Å². The average molecular weight is 354 g/mol. The van der Waals surface area contributed by atoms with Gasteiger partial charge in [0.05, 0.1) is 6.10 Å². The second-order valence-corrected chi connectivity index (χ2v) is 6.23. The second kappa shape index (κ2) is 8.01. The number of carbonyl (C=O) groups is 2. The summed E-state index contributed by atoms with van der Waals surface area (Å²) in [5, 5.41) is 15.4. The van der Waals surface area contributed by atoms with E-state index in [-0.39, 0.29) is 18.4 Å². The zero-order valence-corrected chi connectivity index (χ0v) is 14.6. The van der Waals surface area contributed by atoms with Crippen LogP contribution in [-0.2, 0) is 11.2 Å². The van der Waals surface area contributed by atoms with E-state index in [4.69, 9.17) is 4.74 Å². The molecule has 0 radical (unpaired) electrons. The lowest BCUT2D eigenvalue weighted by Crippen LogP contribution is -2.21. The van der Waals surface area contributed by atoms with Crippen LogP contribution in [0.4, 0.5) is 5.69 Å². The highest BCUT2D eigenvalue weighted by molar-refractivity contribution is 5.95. The van der Waals surface area contributed by atoms with Crippen LogP contribution >= 0.6 is 0 Å². The average Bonchev–Trinajstić information content (AvgIpc) is 2.67. The summed E-state index contributed by atoms with van der Waals surface area (Å²) in [5.41, 5.74) is 2.99. The van der Waals surface area contributed by atoms with Crippen LogP contribution in [0.2, 0.25) is 0 Å². The molecule has 1 unspecified atom stereocenters. The Kier molecular flexibility index (Phi) is 5.53. The summed E-state index contributed by atoms with van der Waals surface area (Å²) < 4.78 is 5.68. The fraction of sp³-hybridized carbons (Fsp3) is 0.300. The largest absolute Gasteiger partial charge is 0.483 e. The molecule has 1 aliphatic carbocycles. The number of aliphatic hydroxyl groups is 1. The number of carbonyl (C=O) groups excluding carboxylic acids is 2. The number of amides is 2. The Morgan fingerprint density at radius 2 is 1.96 bits per heavy atom. The van der Waals surface area contributed by atoms with Gasteiger partial charge in [0.1, 0.15) is 5.75 Å². The molecule has 2 amide bonds. The van der Waals surface area contributed by atoms with E-state index < -0.39 is 6.10 Å². The maximum atomic E-state index is 12.1. The fourth-order valence-electron chi connectivity index (χ4n) is 3.11. The van der Waals surface area contributed by atoms with Gasteiger partial charge in [0.25, 0.3) is 11.8 Å². The molecule has 0 heterocycles. The third kappa shape index (κ3) is 4.03. The van der Waals surface area contributed by atoms with Gasteiger partial charge in [-0.1, -0.05) is 12.1 Å². The van der Waals surface area contributed by atoms with Crippen molar-refractivity contribution in [1.82, 2.24) is 5.32 Å². The number of rotatable bonds is 5. The van der Waals surface area contributed by atoms with E-state index in [0.717, 1.165) is 30.4 Å². The van der Waals surface area contributed by atoms with Gasteiger partial charge in [-0.15, -0.1) is 0 Å². The lowest BCUT2D eigenvalue weighted by Gasteiger charge is -2.23. The molecule has 1 aliphatic rings. The number of hydrogen-bond donors (Lipinski definition) is 3. The number of anilines is 1. The van der Waals surface area contributed by atoms with Crippen LogP contribution < -0.4 is 15.4 Å². The smallest absolute Gasteiger partial charge is 0.262 e. The van der Waals surface area contributed by atoms with Crippen molar-refractivity contribution in [3.63, 3.8) is 0 Å². The fourth-order valence-corrected chi connectivity index (χ4v) is 3.11. The Morgan fingerprint density at radius 1 is 1.19 bits per heavy atom. The van der Waals surface area contributed by atoms with Gasteiger partial charge < -0.3 is 20.5 Å². The summed E-state index contributed by atoms with van der Waals surface area (Å²) in [6.07, 6.45) is 2.03. The standard InChI is InChI=1S/C20H22N2O4/c1-21-20(25)13-8-10-14(11-9-13)22-19(24)12-26-18-7-3-4-15-16(18)5-2-6-17(15)23/h3-4,7-11,17,23H,2,5-6,12H2,1H3,(H,21,25)(H,22,24). The van der Waals surface area contributed by atoms with E-state index in [0.29, 0.717) is 17.0 Å². The van der Waals surface area contributed by atoms with Crippen LogP contribution in [0.3, 0.4) is 0 Å². The predicted molar refractivity (Wildman–Crippen MR) is 98.3 cm³/mol. The van der Waals surface area contributed by atoms with E-state index in [1.54, 1.807) is 31.3 Å². The maximum Gasteiger partial charge on any atom is 0.262 e. The number of aliphatic hydroxyl groups excluding tert-OH is 1. The highest BCUT2D eigenvalue weighted by Crippen LogP contribution is 2.35. The van der Waals surface area contributed by atoms with Crippen LogP contribution in [0.1, 0.15) is 40.4 Å². The molecule has 6 heteroatoms. The van der Waals surface area contributed by atoms with Gasteiger partial charge in [-0.05, 0) is 60.7 Å². The van der Waals surface area contributed by atoms with E-state index in [9.17, 15) is 14.7 Å². The lowest BCUT2D eigenvalue weighted by atomic mass is 9.89. The number of fused-ring (bicyclic) bond motifs is 1. The number of benzene rings is 2. The van der Waals surface area contributed by atoms with E-state index in [1.807, 2.05) is 18.2 Å². The van der Waals surface area contributed by atoms with Crippen molar-refractivity contribution in [2.75, 3.05) is 19.0 Å². The molecule has 2 aromatic carbocycles. The normalized spacial score (nSPS) is 15.7. The SMILES string of the molecule is CNC(=O)c1ccc(NC(=O)COc2cccc3c2CCCC3O)cc1. The monoisotopic (exact) mass is 354 g/mol. The number of hydrogen-bond acceptors (Lipinski definition) is 4. The minimum Gasteiger partial charge on any atom is -0.483 e. The lowest BCUT2D eigenvalue weighted by molar-refractivity contribution is -0.118. The van der Waals surface area contributed by atoms with Gasteiger partial charge in [0, 0.05) is 18.3 Å². The zero-order chi connectivity index (χ0) is 18.5. The van der Waals surface area contributed by atoms with Crippen LogP contribution in [0, 0.1) is 0 Å². The Labute approximate surface area is 152 Å². The quantitative estimate of drug-likeness (QED) is 0.770. The Hall–Kier alpha value is -2.86. The molecule has 3 rings (SSSR count). The Bertz CT molecular complexity index is 802. The zero-order valence-electron chi connectivity index (χ0n) is 14.6. The summed E-state index contributed by atoms with van der Waals surface area (Å²) in [6.45, 7) is -0.121. The van der Waals surface area contributed by atoms with Crippen molar-refractivity contribution in [1.29, 1.82) is 0 Å². The summed E-state index contributed by atoms with van der Waals surface area (Å²) >= 11 is 0. The molecule has 0 bridgehead atoms. The van der Waals surface area contributed by atoms with Crippen LogP contribution in [0.15, 0.2) is 42.5 Å². The topological polar surface area (TPSA) is 87.7 Å². The van der Waals surface area contributed by atoms with E-state index >= 15 is 0 Å². The van der Waals surface area contributed by atoms with Gasteiger partial charge in [-0.2, -0.15) is 0 Å². The van der Waals surface area contributed by atoms with Crippen LogP contribution in [0.5, 0.6) is 5.75 Å². The Balaban J connectivity index is 1.60. The molecule has 3 N–H and O–H groups in total. The third-order valence-corrected chi connectivity index (χ3v) is 4.45. The first-order valence-electron chi connectivity index (χ1n) is 8.63. The summed E-state index contributed by atoms with van der Waals surface area (Å²) in [5.74, 6) is 0.181. The molecule has 6 nitrogen and oxygen atoms in total. The summed E-state index contributed by atoms with van der Waals surface area (Å²) in [4.78, 5) is 23.6. The molecule has 1 atom stereocenters. The number of nitrogens with one attached hydrogen (secondary N) is 2. The molecule has 0 saturated carbocycles. The predicted octanol–water partition coefficient (Wildman–Crippen LogP) is 2.43. The van der Waals surface area contributed by atoms with Gasteiger partial charge in [-0.3, -0.25) is 9.59 Å². The molecule has 0 aromatic heterocycles. The first-order chi connectivity index (χ1) is 12.6. The minimum absolute atomic E-state index is 0.121. The first-order valence-corrected chi connectivity index (χ1v) is 8.63. The Morgan fingerprint density at radius 3 is 2.69 bits per heavy atom. The molecular formula is C20H22N2O4. The van der Waals surface area contributed by atoms with E-state index in [1.165, 1.54) is 0 Å². The molecule has 2 aromatic rings. The second-order valence-electron chi connectivity index (χ2n) is 6.23.